The fourth-order valence-corrected chi connectivity index (χ4v) is 6.86. The molecular weight excluding hydrogens is 650 g/mol. The van der Waals surface area contributed by atoms with E-state index in [0.717, 1.165) is 39.4 Å². The summed E-state index contributed by atoms with van der Waals surface area (Å²) in [5.41, 5.74) is 4.01. The molecule has 0 saturated carbocycles. The molecule has 0 aromatic heterocycles. The average molecular weight is 691 g/mol. The summed E-state index contributed by atoms with van der Waals surface area (Å²) >= 11 is 3.45. The van der Waals surface area contributed by atoms with Gasteiger partial charge in [-0.15, -0.1) is 0 Å². The van der Waals surface area contributed by atoms with E-state index in [2.05, 4.69) is 21.2 Å². The summed E-state index contributed by atoms with van der Waals surface area (Å²) in [6, 6.07) is 29.9. The first-order valence-corrected chi connectivity index (χ1v) is 17.3. The maximum Gasteiger partial charge on any atom is 0.264 e. The van der Waals surface area contributed by atoms with Gasteiger partial charge in [-0.1, -0.05) is 113 Å². The minimum atomic E-state index is -4.15. The topological polar surface area (TPSA) is 86.8 Å². The summed E-state index contributed by atoms with van der Waals surface area (Å²) in [5, 5.41) is 3.02. The van der Waals surface area contributed by atoms with Crippen LogP contribution in [0, 0.1) is 13.8 Å². The third-order valence-corrected chi connectivity index (χ3v) is 9.80. The molecule has 0 aliphatic carbocycles. The molecule has 4 aromatic rings. The van der Waals surface area contributed by atoms with Crippen LogP contribution in [0.4, 0.5) is 5.69 Å². The second-order valence-electron chi connectivity index (χ2n) is 11.2. The van der Waals surface area contributed by atoms with Crippen LogP contribution in [0.5, 0.6) is 0 Å². The number of carbonyl (C=O) groups excluding carboxylic acids is 2. The number of sulfonamides is 1. The lowest BCUT2D eigenvalue weighted by Crippen LogP contribution is -2.53. The number of benzene rings is 4. The van der Waals surface area contributed by atoms with Gasteiger partial charge in [0.1, 0.15) is 12.6 Å². The summed E-state index contributed by atoms with van der Waals surface area (Å²) < 4.78 is 30.1. The molecule has 0 fully saturated rings. The standard InChI is InChI=1S/C36H40BrN3O4S/c1-4-5-21-38-36(42)34(23-29-12-7-6-8-13-29)39(25-30-14-9-11-28(3)22-30)35(41)26-40(32-16-10-15-31(37)24-32)45(43,44)33-19-17-27(2)18-20-33/h6-20,22,24,34H,4-5,21,23,25-26H2,1-3H3,(H,38,42). The zero-order chi connectivity index (χ0) is 32.4. The Labute approximate surface area is 275 Å². The number of amides is 2. The maximum atomic E-state index is 14.5. The van der Waals surface area contributed by atoms with Crippen LogP contribution in [0.15, 0.2) is 112 Å². The van der Waals surface area contributed by atoms with Gasteiger partial charge >= 0.3 is 0 Å². The molecule has 9 heteroatoms. The average Bonchev–Trinajstić information content (AvgIpc) is 3.02. The Kier molecular flexibility index (Phi) is 12.0. The quantitative estimate of drug-likeness (QED) is 0.147. The highest BCUT2D eigenvalue weighted by molar-refractivity contribution is 9.10. The van der Waals surface area contributed by atoms with E-state index in [4.69, 9.17) is 0 Å². The fraction of sp³-hybridized carbons (Fsp3) is 0.278. The molecule has 4 aromatic carbocycles. The number of carbonyl (C=O) groups is 2. The third-order valence-electron chi connectivity index (χ3n) is 7.52. The summed E-state index contributed by atoms with van der Waals surface area (Å²) in [6.07, 6.45) is 1.99. The van der Waals surface area contributed by atoms with Crippen LogP contribution >= 0.6 is 15.9 Å². The Morgan fingerprint density at radius 2 is 1.51 bits per heavy atom. The lowest BCUT2D eigenvalue weighted by atomic mass is 10.0. The van der Waals surface area contributed by atoms with Crippen molar-refractivity contribution in [3.8, 4) is 0 Å². The normalized spacial score (nSPS) is 11.9. The number of hydrogen-bond acceptors (Lipinski definition) is 4. The number of nitrogens with one attached hydrogen (secondary N) is 1. The van der Waals surface area contributed by atoms with E-state index in [0.29, 0.717) is 16.7 Å². The Balaban J connectivity index is 1.79. The first kappa shape index (κ1) is 33.9. The molecular formula is C36H40BrN3O4S. The van der Waals surface area contributed by atoms with E-state index < -0.39 is 28.5 Å². The summed E-state index contributed by atoms with van der Waals surface area (Å²) in [6.45, 7) is 6.03. The van der Waals surface area contributed by atoms with E-state index in [1.165, 1.54) is 4.90 Å². The molecule has 236 valence electrons. The molecule has 0 radical (unpaired) electrons. The highest BCUT2D eigenvalue weighted by Gasteiger charge is 2.34. The van der Waals surface area contributed by atoms with Crippen LogP contribution in [0.2, 0.25) is 0 Å². The zero-order valence-electron chi connectivity index (χ0n) is 25.9. The molecule has 0 aliphatic rings. The van der Waals surface area contributed by atoms with Crippen molar-refractivity contribution in [3.05, 3.63) is 130 Å². The molecule has 2 amide bonds. The van der Waals surface area contributed by atoms with E-state index >= 15 is 0 Å². The first-order chi connectivity index (χ1) is 21.6. The van der Waals surface area contributed by atoms with Crippen LogP contribution in [0.3, 0.4) is 0 Å². The highest BCUT2D eigenvalue weighted by Crippen LogP contribution is 2.27. The van der Waals surface area contributed by atoms with Gasteiger partial charge < -0.3 is 10.2 Å². The van der Waals surface area contributed by atoms with Gasteiger partial charge in [-0.3, -0.25) is 13.9 Å². The van der Waals surface area contributed by atoms with Crippen LogP contribution in [-0.2, 0) is 32.6 Å². The molecule has 1 atom stereocenters. The van der Waals surface area contributed by atoms with Gasteiger partial charge in [-0.2, -0.15) is 0 Å². The Morgan fingerprint density at radius 3 is 2.18 bits per heavy atom. The van der Waals surface area contributed by atoms with Crippen molar-refractivity contribution in [1.29, 1.82) is 0 Å². The van der Waals surface area contributed by atoms with Crippen molar-refractivity contribution in [2.75, 3.05) is 17.4 Å². The summed E-state index contributed by atoms with van der Waals surface area (Å²) in [5.74, 6) is -0.762. The third kappa shape index (κ3) is 9.28. The van der Waals surface area contributed by atoms with E-state index in [1.54, 1.807) is 48.5 Å². The lowest BCUT2D eigenvalue weighted by molar-refractivity contribution is -0.140. The smallest absolute Gasteiger partial charge is 0.264 e. The molecule has 0 saturated heterocycles. The van der Waals surface area contributed by atoms with Gasteiger partial charge in [0, 0.05) is 24.0 Å². The van der Waals surface area contributed by atoms with Gasteiger partial charge in [0.05, 0.1) is 10.6 Å². The Hall–Kier alpha value is -3.95. The molecule has 1 N–H and O–H groups in total. The van der Waals surface area contributed by atoms with Crippen molar-refractivity contribution in [2.24, 2.45) is 0 Å². The minimum absolute atomic E-state index is 0.0734. The molecule has 0 aliphatic heterocycles. The lowest BCUT2D eigenvalue weighted by Gasteiger charge is -2.34. The molecule has 0 bridgehead atoms. The Bertz CT molecular complexity index is 1700. The number of rotatable bonds is 14. The van der Waals surface area contributed by atoms with Gasteiger partial charge in [0.2, 0.25) is 11.8 Å². The molecule has 4 rings (SSSR count). The van der Waals surface area contributed by atoms with Crippen molar-refractivity contribution in [2.45, 2.75) is 57.5 Å². The summed E-state index contributed by atoms with van der Waals surface area (Å²) in [4.78, 5) is 30.0. The predicted octanol–water partition coefficient (Wildman–Crippen LogP) is 6.82. The van der Waals surface area contributed by atoms with Crippen molar-refractivity contribution in [3.63, 3.8) is 0 Å². The van der Waals surface area contributed by atoms with E-state index in [-0.39, 0.29) is 23.8 Å². The maximum absolute atomic E-state index is 14.5. The highest BCUT2D eigenvalue weighted by atomic mass is 79.9. The van der Waals surface area contributed by atoms with Gasteiger partial charge in [-0.05, 0) is 61.7 Å². The van der Waals surface area contributed by atoms with Crippen LogP contribution in [0.25, 0.3) is 0 Å². The monoisotopic (exact) mass is 689 g/mol. The van der Waals surface area contributed by atoms with Crippen LogP contribution in [-0.4, -0.2) is 44.3 Å². The predicted molar refractivity (Wildman–Crippen MR) is 183 cm³/mol. The summed E-state index contributed by atoms with van der Waals surface area (Å²) in [7, 11) is -4.15. The van der Waals surface area contributed by atoms with Crippen LogP contribution in [0.1, 0.15) is 42.0 Å². The minimum Gasteiger partial charge on any atom is -0.354 e. The second kappa shape index (κ2) is 15.9. The number of halogens is 1. The molecule has 1 unspecified atom stereocenters. The van der Waals surface area contributed by atoms with Crippen molar-refractivity contribution >= 4 is 43.5 Å². The first-order valence-electron chi connectivity index (χ1n) is 15.1. The number of unbranched alkanes of at least 4 members (excludes halogenated alkanes) is 1. The molecule has 7 nitrogen and oxygen atoms in total. The fourth-order valence-electron chi connectivity index (χ4n) is 5.06. The largest absolute Gasteiger partial charge is 0.354 e. The van der Waals surface area contributed by atoms with Crippen molar-refractivity contribution in [1.82, 2.24) is 10.2 Å². The SMILES string of the molecule is CCCCNC(=O)C(Cc1ccccc1)N(Cc1cccc(C)c1)C(=O)CN(c1cccc(Br)c1)S(=O)(=O)c1ccc(C)cc1. The molecule has 45 heavy (non-hydrogen) atoms. The molecule has 0 heterocycles. The van der Waals surface area contributed by atoms with Gasteiger partial charge in [0.15, 0.2) is 0 Å². The second-order valence-corrected chi connectivity index (χ2v) is 13.9. The number of nitrogens with zero attached hydrogens (tertiary/aromatic N) is 2. The van der Waals surface area contributed by atoms with E-state index in [1.807, 2.05) is 75.4 Å². The van der Waals surface area contributed by atoms with Crippen molar-refractivity contribution < 1.29 is 18.0 Å². The van der Waals surface area contributed by atoms with Crippen LogP contribution < -0.4 is 9.62 Å². The number of aryl methyl sites for hydroxylation is 2. The van der Waals surface area contributed by atoms with Gasteiger partial charge in [-0.25, -0.2) is 8.42 Å². The zero-order valence-corrected chi connectivity index (χ0v) is 28.4. The Morgan fingerprint density at radius 1 is 0.822 bits per heavy atom. The van der Waals surface area contributed by atoms with Gasteiger partial charge in [0.25, 0.3) is 10.0 Å². The number of hydrogen-bond donors (Lipinski definition) is 1. The molecule has 0 spiro atoms. The number of anilines is 1. The van der Waals surface area contributed by atoms with E-state index in [9.17, 15) is 18.0 Å².